The number of hydrogen-bond acceptors (Lipinski definition) is 4. The molecule has 1 atom stereocenters. The molecule has 0 saturated carbocycles. The van der Waals surface area contributed by atoms with Gasteiger partial charge in [0.2, 0.25) is 0 Å². The Morgan fingerprint density at radius 3 is 2.25 bits per heavy atom. The van der Waals surface area contributed by atoms with E-state index in [2.05, 4.69) is 4.99 Å². The number of nitrogens with zero attached hydrogens (tertiary/aromatic N) is 2. The van der Waals surface area contributed by atoms with Crippen molar-refractivity contribution in [3.63, 3.8) is 0 Å². The molecule has 1 heterocycles. The molecule has 1 unspecified atom stereocenters. The van der Waals surface area contributed by atoms with Gasteiger partial charge in [-0.25, -0.2) is 9.79 Å². The maximum absolute atomic E-state index is 11.0. The van der Waals surface area contributed by atoms with Crippen LogP contribution in [0.2, 0.25) is 0 Å². The maximum Gasteiger partial charge on any atom is 0.335 e. The number of rotatable bonds is 3. The summed E-state index contributed by atoms with van der Waals surface area (Å²) < 4.78 is 0. The Bertz CT molecular complexity index is 823. The lowest BCUT2D eigenvalue weighted by Gasteiger charge is -2.33. The minimum absolute atomic E-state index is 0.232. The van der Waals surface area contributed by atoms with Gasteiger partial charge in [0, 0.05) is 17.0 Å². The first-order chi connectivity index (χ1) is 11.5. The van der Waals surface area contributed by atoms with Crippen LogP contribution in [0.3, 0.4) is 0 Å². The van der Waals surface area contributed by atoms with Crippen molar-refractivity contribution in [2.24, 2.45) is 4.99 Å². The smallest absolute Gasteiger partial charge is 0.335 e. The number of benzene rings is 2. The molecule has 5 heteroatoms. The van der Waals surface area contributed by atoms with Crippen molar-refractivity contribution < 1.29 is 15.0 Å². The number of carboxylic acids is 1. The van der Waals surface area contributed by atoms with Gasteiger partial charge < -0.3 is 15.1 Å². The highest BCUT2D eigenvalue weighted by atomic mass is 16.4. The second kappa shape index (κ2) is 6.29. The average molecular weight is 322 g/mol. The molecule has 2 aromatic rings. The fraction of sp³-hybridized carbons (Fsp3) is 0.158. The van der Waals surface area contributed by atoms with E-state index in [0.29, 0.717) is 5.84 Å². The van der Waals surface area contributed by atoms with Crippen molar-refractivity contribution in [3.05, 3.63) is 71.4 Å². The summed E-state index contributed by atoms with van der Waals surface area (Å²) in [5.41, 5.74) is 3.55. The lowest BCUT2D eigenvalue weighted by atomic mass is 10.00. The molecule has 2 aromatic carbocycles. The molecule has 0 amide bonds. The zero-order chi connectivity index (χ0) is 17.3. The number of allylic oxidation sites excluding steroid dienone is 1. The van der Waals surface area contributed by atoms with Gasteiger partial charge in [0.15, 0.2) is 6.23 Å². The molecule has 0 aromatic heterocycles. The fourth-order valence-electron chi connectivity index (χ4n) is 2.96. The van der Waals surface area contributed by atoms with Gasteiger partial charge in [-0.05, 0) is 43.7 Å². The minimum Gasteiger partial charge on any atom is -0.478 e. The van der Waals surface area contributed by atoms with Crippen LogP contribution in [0.4, 0.5) is 5.69 Å². The van der Waals surface area contributed by atoms with E-state index >= 15 is 0 Å². The van der Waals surface area contributed by atoms with Crippen LogP contribution >= 0.6 is 0 Å². The molecule has 1 aliphatic heterocycles. The predicted molar refractivity (Wildman–Crippen MR) is 94.0 cm³/mol. The molecule has 2 N–H and O–H groups in total. The Labute approximate surface area is 140 Å². The van der Waals surface area contributed by atoms with Crippen molar-refractivity contribution in [2.45, 2.75) is 20.1 Å². The highest BCUT2D eigenvalue weighted by Crippen LogP contribution is 2.33. The van der Waals surface area contributed by atoms with Crippen molar-refractivity contribution in [1.82, 2.24) is 0 Å². The van der Waals surface area contributed by atoms with Crippen LogP contribution in [0.25, 0.3) is 5.57 Å². The van der Waals surface area contributed by atoms with E-state index < -0.39 is 12.2 Å². The number of carbonyl (C=O) groups is 1. The number of anilines is 1. The molecule has 1 aliphatic rings. The third-order valence-electron chi connectivity index (χ3n) is 4.07. The highest BCUT2D eigenvalue weighted by Gasteiger charge is 2.26. The van der Waals surface area contributed by atoms with Gasteiger partial charge in [0.25, 0.3) is 0 Å². The summed E-state index contributed by atoms with van der Waals surface area (Å²) in [6, 6.07) is 16.2. The molecule has 0 bridgehead atoms. The molecule has 0 aliphatic carbocycles. The van der Waals surface area contributed by atoms with E-state index in [1.807, 2.05) is 49.1 Å². The predicted octanol–water partition coefficient (Wildman–Crippen LogP) is 3.37. The van der Waals surface area contributed by atoms with Gasteiger partial charge >= 0.3 is 5.97 Å². The van der Waals surface area contributed by atoms with Crippen molar-refractivity contribution in [1.29, 1.82) is 0 Å². The molecule has 0 fully saturated rings. The fourth-order valence-corrected chi connectivity index (χ4v) is 2.96. The first kappa shape index (κ1) is 16.0. The Morgan fingerprint density at radius 1 is 1.04 bits per heavy atom. The molecule has 5 nitrogen and oxygen atoms in total. The number of carboxylic acid groups (broad SMARTS) is 1. The summed E-state index contributed by atoms with van der Waals surface area (Å²) in [5.74, 6) is -0.305. The highest BCUT2D eigenvalue weighted by molar-refractivity contribution is 6.03. The summed E-state index contributed by atoms with van der Waals surface area (Å²) >= 11 is 0. The quantitative estimate of drug-likeness (QED) is 0.908. The molecular weight excluding hydrogens is 304 g/mol. The lowest BCUT2D eigenvalue weighted by molar-refractivity contribution is 0.0697. The summed E-state index contributed by atoms with van der Waals surface area (Å²) in [5, 5.41) is 19.4. The molecule has 3 rings (SSSR count). The molecule has 0 spiro atoms. The molecule has 24 heavy (non-hydrogen) atoms. The maximum atomic E-state index is 11.0. The number of aliphatic imine (C=N–C) groups is 1. The first-order valence-electron chi connectivity index (χ1n) is 7.61. The Morgan fingerprint density at radius 2 is 1.67 bits per heavy atom. The lowest BCUT2D eigenvalue weighted by Crippen LogP contribution is -2.34. The summed E-state index contributed by atoms with van der Waals surface area (Å²) in [4.78, 5) is 17.3. The van der Waals surface area contributed by atoms with Crippen molar-refractivity contribution in [3.8, 4) is 0 Å². The summed E-state index contributed by atoms with van der Waals surface area (Å²) in [7, 11) is 0. The van der Waals surface area contributed by atoms with Crippen LogP contribution in [-0.4, -0.2) is 28.2 Å². The van der Waals surface area contributed by atoms with E-state index in [0.717, 1.165) is 22.5 Å². The van der Waals surface area contributed by atoms with Gasteiger partial charge in [-0.15, -0.1) is 0 Å². The number of hydrogen-bond donors (Lipinski definition) is 2. The molecule has 0 radical (unpaired) electrons. The zero-order valence-electron chi connectivity index (χ0n) is 13.5. The van der Waals surface area contributed by atoms with E-state index in [4.69, 9.17) is 5.11 Å². The van der Waals surface area contributed by atoms with E-state index in [9.17, 15) is 9.90 Å². The van der Waals surface area contributed by atoms with Crippen LogP contribution in [0, 0.1) is 0 Å². The third-order valence-corrected chi connectivity index (χ3v) is 4.07. The van der Waals surface area contributed by atoms with Gasteiger partial charge in [0.1, 0.15) is 5.84 Å². The van der Waals surface area contributed by atoms with Crippen molar-refractivity contribution in [2.75, 3.05) is 4.90 Å². The number of aliphatic hydroxyl groups excluding tert-OH is 1. The summed E-state index contributed by atoms with van der Waals surface area (Å²) in [6.07, 6.45) is -0.915. The second-order valence-corrected chi connectivity index (χ2v) is 5.60. The Kier molecular flexibility index (Phi) is 4.18. The second-order valence-electron chi connectivity index (χ2n) is 5.60. The monoisotopic (exact) mass is 322 g/mol. The Hall–Kier alpha value is -2.92. The van der Waals surface area contributed by atoms with Crippen molar-refractivity contribution >= 4 is 23.1 Å². The zero-order valence-corrected chi connectivity index (χ0v) is 13.5. The van der Waals surface area contributed by atoms with E-state index in [1.54, 1.807) is 24.3 Å². The molecular formula is C19H18N2O3. The largest absolute Gasteiger partial charge is 0.478 e. The van der Waals surface area contributed by atoms with Gasteiger partial charge in [0.05, 0.1) is 5.56 Å². The Balaban J connectivity index is 2.07. The van der Waals surface area contributed by atoms with Gasteiger partial charge in [-0.2, -0.15) is 0 Å². The van der Waals surface area contributed by atoms with Crippen LogP contribution < -0.4 is 4.90 Å². The first-order valence-corrected chi connectivity index (χ1v) is 7.61. The number of aliphatic hydroxyl groups is 1. The molecule has 122 valence electrons. The molecule has 0 saturated heterocycles. The summed E-state index contributed by atoms with van der Waals surface area (Å²) in [6.45, 7) is 3.74. The van der Waals surface area contributed by atoms with Crippen LogP contribution in [0.5, 0.6) is 0 Å². The van der Waals surface area contributed by atoms with Crippen LogP contribution in [0.1, 0.15) is 29.8 Å². The third kappa shape index (κ3) is 2.81. The SMILES string of the molecule is CC1=NC(O)C(c2ccccc2)=C(C)N1c1ccc(C(=O)O)cc1. The number of amidine groups is 1. The standard InChI is InChI=1S/C19H18N2O3/c1-12-17(14-6-4-3-5-7-14)18(22)20-13(2)21(12)16-10-8-15(9-11-16)19(23)24/h3-11,18,22H,1-2H3,(H,23,24). The van der Waals surface area contributed by atoms with E-state index in [-0.39, 0.29) is 5.56 Å². The van der Waals surface area contributed by atoms with Crippen LogP contribution in [-0.2, 0) is 0 Å². The van der Waals surface area contributed by atoms with Gasteiger partial charge in [-0.1, -0.05) is 30.3 Å². The van der Waals surface area contributed by atoms with Gasteiger partial charge in [-0.3, -0.25) is 0 Å². The van der Waals surface area contributed by atoms with Crippen LogP contribution in [0.15, 0.2) is 65.3 Å². The van der Waals surface area contributed by atoms with E-state index in [1.165, 1.54) is 0 Å². The number of aromatic carboxylic acids is 1. The topological polar surface area (TPSA) is 73.1 Å². The normalized spacial score (nSPS) is 17.7. The average Bonchev–Trinajstić information content (AvgIpc) is 2.56. The minimum atomic E-state index is -0.960.